The summed E-state index contributed by atoms with van der Waals surface area (Å²) in [7, 11) is -0.531. The van der Waals surface area contributed by atoms with E-state index in [1.807, 2.05) is 13.8 Å². The van der Waals surface area contributed by atoms with E-state index in [4.69, 9.17) is 4.74 Å². The molecule has 2 rings (SSSR count). The van der Waals surface area contributed by atoms with E-state index in [0.29, 0.717) is 17.0 Å². The number of hydrogen-bond donors (Lipinski definition) is 0. The first-order valence-electron chi connectivity index (χ1n) is 5.99. The number of carbonyl (C=O) groups excluding carboxylic acids is 1. The number of Topliss-reactive ketones (excluding diaryl/α,β-unsaturated/α-hetero) is 1. The summed E-state index contributed by atoms with van der Waals surface area (Å²) in [6.45, 7) is 3.98. The molecule has 19 heavy (non-hydrogen) atoms. The Morgan fingerprint density at radius 1 is 1.32 bits per heavy atom. The maximum absolute atomic E-state index is 11.9. The van der Waals surface area contributed by atoms with Crippen molar-refractivity contribution in [3.63, 3.8) is 0 Å². The van der Waals surface area contributed by atoms with Gasteiger partial charge in [0.15, 0.2) is 5.78 Å². The Hall–Kier alpha value is -1.56. The first-order valence-corrected chi connectivity index (χ1v) is 7.60. The first kappa shape index (κ1) is 13.9. The summed E-state index contributed by atoms with van der Waals surface area (Å²) in [5.74, 6) is -0.0781. The number of nitrogens with zero attached hydrogens (tertiary/aromatic N) is 1. The average Bonchev–Trinajstić information content (AvgIpc) is 2.34. The van der Waals surface area contributed by atoms with Crippen LogP contribution in [0.15, 0.2) is 12.1 Å². The minimum absolute atomic E-state index is 0.174. The van der Waals surface area contributed by atoms with Crippen LogP contribution in [0.1, 0.15) is 35.7 Å². The molecule has 1 aliphatic rings. The van der Waals surface area contributed by atoms with Gasteiger partial charge in [-0.05, 0) is 23.6 Å². The summed E-state index contributed by atoms with van der Waals surface area (Å²) in [5, 5.41) is 0. The van der Waals surface area contributed by atoms with Crippen LogP contribution < -0.4 is 9.04 Å². The minimum atomic E-state index is -3.54. The maximum atomic E-state index is 11.9. The van der Waals surface area contributed by atoms with Crippen molar-refractivity contribution in [3.8, 4) is 5.75 Å². The Balaban J connectivity index is 2.72. The van der Waals surface area contributed by atoms with Gasteiger partial charge in [0.1, 0.15) is 11.5 Å². The largest absolute Gasteiger partial charge is 0.496 e. The summed E-state index contributed by atoms with van der Waals surface area (Å²) in [6.07, 6.45) is 0. The van der Waals surface area contributed by atoms with Crippen LogP contribution in [0.3, 0.4) is 0 Å². The molecular formula is C13H17NO4S. The molecule has 1 aromatic carbocycles. The van der Waals surface area contributed by atoms with E-state index in [2.05, 4.69) is 0 Å². The lowest BCUT2D eigenvalue weighted by molar-refractivity contribution is 0.101. The zero-order chi connectivity index (χ0) is 14.4. The van der Waals surface area contributed by atoms with Crippen LogP contribution in [0, 0.1) is 0 Å². The van der Waals surface area contributed by atoms with Gasteiger partial charge in [-0.2, -0.15) is 0 Å². The van der Waals surface area contributed by atoms with Crippen molar-refractivity contribution in [2.24, 2.45) is 0 Å². The summed E-state index contributed by atoms with van der Waals surface area (Å²) < 4.78 is 30.2. The van der Waals surface area contributed by atoms with E-state index in [1.165, 1.54) is 11.4 Å². The summed E-state index contributed by atoms with van der Waals surface area (Å²) in [4.78, 5) is 11.9. The van der Waals surface area contributed by atoms with Crippen molar-refractivity contribution < 1.29 is 17.9 Å². The van der Waals surface area contributed by atoms with Crippen LogP contribution in [0.5, 0.6) is 5.75 Å². The number of carbonyl (C=O) groups is 1. The second kappa shape index (κ2) is 4.52. The summed E-state index contributed by atoms with van der Waals surface area (Å²) in [5.41, 5.74) is 1.72. The van der Waals surface area contributed by atoms with E-state index in [0.717, 1.165) is 5.56 Å². The zero-order valence-electron chi connectivity index (χ0n) is 11.4. The molecular weight excluding hydrogens is 266 g/mol. The molecule has 0 spiro atoms. The maximum Gasteiger partial charge on any atom is 0.242 e. The van der Waals surface area contributed by atoms with Crippen LogP contribution in [0.2, 0.25) is 0 Å². The third-order valence-electron chi connectivity index (χ3n) is 3.34. The van der Waals surface area contributed by atoms with Crippen LogP contribution in [0.25, 0.3) is 0 Å². The fourth-order valence-corrected chi connectivity index (χ4v) is 3.32. The molecule has 0 N–H and O–H groups in total. The smallest absolute Gasteiger partial charge is 0.242 e. The molecule has 1 heterocycles. The highest BCUT2D eigenvalue weighted by Gasteiger charge is 2.33. The predicted molar refractivity (Wildman–Crippen MR) is 73.6 cm³/mol. The lowest BCUT2D eigenvalue weighted by Crippen LogP contribution is -2.38. The second-order valence-corrected chi connectivity index (χ2v) is 6.91. The van der Waals surface area contributed by atoms with Gasteiger partial charge in [0.25, 0.3) is 0 Å². The van der Waals surface area contributed by atoms with Crippen LogP contribution in [-0.4, -0.2) is 34.1 Å². The van der Waals surface area contributed by atoms with Crippen LogP contribution in [-0.2, 0) is 10.0 Å². The number of fused-ring (bicyclic) bond motifs is 1. The van der Waals surface area contributed by atoms with Gasteiger partial charge in [0, 0.05) is 12.6 Å². The number of hydrogen-bond acceptors (Lipinski definition) is 4. The molecule has 1 aliphatic heterocycles. The zero-order valence-corrected chi connectivity index (χ0v) is 12.2. The number of methoxy groups -OCH3 is 1. The van der Waals surface area contributed by atoms with Crippen molar-refractivity contribution in [3.05, 3.63) is 23.3 Å². The Labute approximate surface area is 113 Å². The van der Waals surface area contributed by atoms with Crippen molar-refractivity contribution in [2.45, 2.75) is 19.8 Å². The molecule has 0 amide bonds. The molecule has 0 aromatic heterocycles. The van der Waals surface area contributed by atoms with E-state index in [9.17, 15) is 13.2 Å². The Morgan fingerprint density at radius 3 is 2.47 bits per heavy atom. The highest BCUT2D eigenvalue weighted by molar-refractivity contribution is 7.93. The van der Waals surface area contributed by atoms with Crippen molar-refractivity contribution in [1.29, 1.82) is 0 Å². The van der Waals surface area contributed by atoms with Gasteiger partial charge in [-0.3, -0.25) is 9.10 Å². The monoisotopic (exact) mass is 283 g/mol. The van der Waals surface area contributed by atoms with Gasteiger partial charge in [-0.15, -0.1) is 0 Å². The molecule has 1 aromatic rings. The second-order valence-electron chi connectivity index (χ2n) is 4.91. The first-order chi connectivity index (χ1) is 8.77. The standard InChI is InChI=1S/C13H17NO4S/c1-8(2)9-5-11-10(6-13(9)18-4)12(15)7-19(16,17)14(11)3/h5-6,8H,7H2,1-4H3. The predicted octanol–water partition coefficient (Wildman–Crippen LogP) is 1.78. The minimum Gasteiger partial charge on any atom is -0.496 e. The number of anilines is 1. The fourth-order valence-electron chi connectivity index (χ4n) is 2.19. The van der Waals surface area contributed by atoms with Gasteiger partial charge in [-0.1, -0.05) is 13.8 Å². The molecule has 0 fully saturated rings. The summed E-state index contributed by atoms with van der Waals surface area (Å²) in [6, 6.07) is 3.37. The molecule has 6 heteroatoms. The molecule has 0 unspecified atom stereocenters. The fraction of sp³-hybridized carbons (Fsp3) is 0.462. The topological polar surface area (TPSA) is 63.7 Å². The summed E-state index contributed by atoms with van der Waals surface area (Å²) >= 11 is 0. The van der Waals surface area contributed by atoms with E-state index < -0.39 is 15.8 Å². The highest BCUT2D eigenvalue weighted by atomic mass is 32.2. The van der Waals surface area contributed by atoms with Crippen LogP contribution in [0.4, 0.5) is 5.69 Å². The van der Waals surface area contributed by atoms with Crippen molar-refractivity contribution in [2.75, 3.05) is 24.2 Å². The Bertz CT molecular complexity index is 634. The molecule has 0 atom stereocenters. The van der Waals surface area contributed by atoms with Crippen LogP contribution >= 0.6 is 0 Å². The van der Waals surface area contributed by atoms with Gasteiger partial charge >= 0.3 is 0 Å². The molecule has 0 saturated carbocycles. The average molecular weight is 283 g/mol. The normalized spacial score (nSPS) is 17.5. The third-order valence-corrected chi connectivity index (χ3v) is 5.00. The molecule has 0 bridgehead atoms. The molecule has 104 valence electrons. The molecule has 5 nitrogen and oxygen atoms in total. The van der Waals surface area contributed by atoms with Crippen molar-refractivity contribution in [1.82, 2.24) is 0 Å². The van der Waals surface area contributed by atoms with E-state index in [1.54, 1.807) is 19.2 Å². The number of rotatable bonds is 2. The Kier molecular flexibility index (Phi) is 3.30. The number of ether oxygens (including phenoxy) is 1. The Morgan fingerprint density at radius 2 is 1.95 bits per heavy atom. The lowest BCUT2D eigenvalue weighted by atomic mass is 9.97. The molecule has 0 aliphatic carbocycles. The van der Waals surface area contributed by atoms with Gasteiger partial charge in [0.2, 0.25) is 10.0 Å². The molecule has 0 radical (unpaired) electrons. The lowest BCUT2D eigenvalue weighted by Gasteiger charge is -2.28. The third kappa shape index (κ3) is 2.20. The quantitative estimate of drug-likeness (QED) is 0.830. The SMILES string of the molecule is COc1cc2c(cc1C(C)C)N(C)S(=O)(=O)CC2=O. The van der Waals surface area contributed by atoms with Gasteiger partial charge < -0.3 is 4.74 Å². The highest BCUT2D eigenvalue weighted by Crippen LogP contribution is 2.37. The van der Waals surface area contributed by atoms with Gasteiger partial charge in [0.05, 0.1) is 12.8 Å². The number of benzene rings is 1. The van der Waals surface area contributed by atoms with E-state index in [-0.39, 0.29) is 11.7 Å². The number of sulfonamides is 1. The van der Waals surface area contributed by atoms with E-state index >= 15 is 0 Å². The van der Waals surface area contributed by atoms with Gasteiger partial charge in [-0.25, -0.2) is 8.42 Å². The number of ketones is 1. The van der Waals surface area contributed by atoms with Crippen molar-refractivity contribution >= 4 is 21.5 Å². The molecule has 0 saturated heterocycles.